The zero-order valence-corrected chi connectivity index (χ0v) is 21.1. The Morgan fingerprint density at radius 1 is 1.03 bits per heavy atom. The second-order valence-electron chi connectivity index (χ2n) is 9.41. The van der Waals surface area contributed by atoms with Crippen molar-refractivity contribution in [1.29, 1.82) is 0 Å². The Kier molecular flexibility index (Phi) is 7.02. The molecular formula is C27H33N7O2. The summed E-state index contributed by atoms with van der Waals surface area (Å²) in [5, 5.41) is 7.95. The van der Waals surface area contributed by atoms with E-state index >= 15 is 0 Å². The van der Waals surface area contributed by atoms with Crippen LogP contribution >= 0.6 is 0 Å². The Morgan fingerprint density at radius 2 is 1.81 bits per heavy atom. The van der Waals surface area contributed by atoms with Crippen LogP contribution in [0.4, 0.5) is 16.3 Å². The maximum atomic E-state index is 12.2. The number of amides is 2. The zero-order valence-electron chi connectivity index (χ0n) is 21.1. The minimum Gasteiger partial charge on any atom is -0.378 e. The SMILES string of the molecule is CN(C)CCCNC(=O)Nc1ccc(-c2nc(N3CCOCC3)c3ccc4c(ccn4C)c3n2)cc1. The van der Waals surface area contributed by atoms with Crippen molar-refractivity contribution in [3.63, 3.8) is 0 Å². The molecule has 0 saturated carbocycles. The number of aromatic nitrogens is 3. The molecule has 9 heteroatoms. The molecule has 2 aromatic carbocycles. The molecule has 0 atom stereocenters. The maximum Gasteiger partial charge on any atom is 0.319 e. The summed E-state index contributed by atoms with van der Waals surface area (Å²) >= 11 is 0. The molecule has 2 aromatic heterocycles. The van der Waals surface area contributed by atoms with Crippen molar-refractivity contribution in [2.45, 2.75) is 6.42 Å². The number of rotatable bonds is 7. The van der Waals surface area contributed by atoms with Crippen LogP contribution in [0.2, 0.25) is 0 Å². The minimum atomic E-state index is -0.204. The number of morpholine rings is 1. The van der Waals surface area contributed by atoms with E-state index in [4.69, 9.17) is 14.7 Å². The van der Waals surface area contributed by atoms with E-state index in [0.29, 0.717) is 25.6 Å². The molecule has 2 N–H and O–H groups in total. The lowest BCUT2D eigenvalue weighted by Crippen LogP contribution is -2.37. The molecule has 0 aliphatic carbocycles. The summed E-state index contributed by atoms with van der Waals surface area (Å²) in [7, 11) is 6.09. The number of aryl methyl sites for hydroxylation is 1. The van der Waals surface area contributed by atoms with Gasteiger partial charge in [-0.2, -0.15) is 0 Å². The Morgan fingerprint density at radius 3 is 2.56 bits per heavy atom. The van der Waals surface area contributed by atoms with Gasteiger partial charge in [-0.15, -0.1) is 0 Å². The zero-order chi connectivity index (χ0) is 25.1. The van der Waals surface area contributed by atoms with Gasteiger partial charge in [0.15, 0.2) is 5.82 Å². The minimum absolute atomic E-state index is 0.204. The number of anilines is 2. The lowest BCUT2D eigenvalue weighted by molar-refractivity contribution is 0.122. The fourth-order valence-electron chi connectivity index (χ4n) is 4.55. The van der Waals surface area contributed by atoms with Crippen LogP contribution in [-0.2, 0) is 11.8 Å². The molecule has 4 aromatic rings. The first kappa shape index (κ1) is 24.0. The molecule has 1 aliphatic rings. The van der Waals surface area contributed by atoms with Gasteiger partial charge in [0.25, 0.3) is 0 Å². The Labute approximate surface area is 211 Å². The summed E-state index contributed by atoms with van der Waals surface area (Å²) in [6.07, 6.45) is 2.96. The van der Waals surface area contributed by atoms with Gasteiger partial charge in [0, 0.05) is 60.4 Å². The molecule has 0 radical (unpaired) electrons. The van der Waals surface area contributed by atoms with Gasteiger partial charge in [-0.3, -0.25) is 0 Å². The number of fused-ring (bicyclic) bond motifs is 3. The number of nitrogens with zero attached hydrogens (tertiary/aromatic N) is 5. The van der Waals surface area contributed by atoms with Crippen LogP contribution in [0.3, 0.4) is 0 Å². The van der Waals surface area contributed by atoms with Crippen LogP contribution in [0.5, 0.6) is 0 Å². The van der Waals surface area contributed by atoms with Crippen LogP contribution in [0, 0.1) is 0 Å². The second-order valence-corrected chi connectivity index (χ2v) is 9.41. The number of urea groups is 1. The molecule has 9 nitrogen and oxygen atoms in total. The molecule has 188 valence electrons. The summed E-state index contributed by atoms with van der Waals surface area (Å²) in [5.41, 5.74) is 3.70. The highest BCUT2D eigenvalue weighted by atomic mass is 16.5. The Balaban J connectivity index is 1.43. The lowest BCUT2D eigenvalue weighted by Gasteiger charge is -2.29. The van der Waals surface area contributed by atoms with Crippen molar-refractivity contribution in [2.24, 2.45) is 7.05 Å². The van der Waals surface area contributed by atoms with E-state index in [1.54, 1.807) is 0 Å². The number of benzene rings is 2. The number of hydrogen-bond acceptors (Lipinski definition) is 6. The molecule has 1 saturated heterocycles. The molecule has 0 spiro atoms. The molecule has 36 heavy (non-hydrogen) atoms. The average molecular weight is 488 g/mol. The highest BCUT2D eigenvalue weighted by Crippen LogP contribution is 2.33. The van der Waals surface area contributed by atoms with Crippen molar-refractivity contribution < 1.29 is 9.53 Å². The van der Waals surface area contributed by atoms with Crippen LogP contribution < -0.4 is 15.5 Å². The third-order valence-electron chi connectivity index (χ3n) is 6.49. The highest BCUT2D eigenvalue weighted by molar-refractivity contribution is 6.08. The third-order valence-corrected chi connectivity index (χ3v) is 6.49. The first-order chi connectivity index (χ1) is 17.5. The fourth-order valence-corrected chi connectivity index (χ4v) is 4.55. The number of carbonyl (C=O) groups excluding carboxylic acids is 1. The molecule has 0 unspecified atom stereocenters. The van der Waals surface area contributed by atoms with Crippen molar-refractivity contribution in [2.75, 3.05) is 63.7 Å². The van der Waals surface area contributed by atoms with Gasteiger partial charge in [-0.05, 0) is 69.5 Å². The molecule has 3 heterocycles. The number of hydrogen-bond donors (Lipinski definition) is 2. The average Bonchev–Trinajstić information content (AvgIpc) is 3.28. The second kappa shape index (κ2) is 10.5. The number of nitrogens with one attached hydrogen (secondary N) is 2. The summed E-state index contributed by atoms with van der Waals surface area (Å²) in [6, 6.07) is 13.9. The fraction of sp³-hybridized carbons (Fsp3) is 0.370. The summed E-state index contributed by atoms with van der Waals surface area (Å²) < 4.78 is 7.69. The molecule has 1 aliphatic heterocycles. The Bertz CT molecular complexity index is 1360. The third kappa shape index (κ3) is 5.12. The lowest BCUT2D eigenvalue weighted by atomic mass is 10.1. The van der Waals surface area contributed by atoms with Gasteiger partial charge in [0.1, 0.15) is 5.82 Å². The van der Waals surface area contributed by atoms with Crippen molar-refractivity contribution in [3.8, 4) is 11.4 Å². The Hall–Kier alpha value is -3.69. The van der Waals surface area contributed by atoms with Crippen LogP contribution in [0.1, 0.15) is 6.42 Å². The molecular weight excluding hydrogens is 454 g/mol. The smallest absolute Gasteiger partial charge is 0.319 e. The summed E-state index contributed by atoms with van der Waals surface area (Å²) in [4.78, 5) is 26.6. The quantitative estimate of drug-likeness (QED) is 0.387. The number of ether oxygens (including phenoxy) is 1. The summed E-state index contributed by atoms with van der Waals surface area (Å²) in [6.45, 7) is 4.53. The van der Waals surface area contributed by atoms with Crippen molar-refractivity contribution in [3.05, 3.63) is 48.7 Å². The molecule has 5 rings (SSSR count). The van der Waals surface area contributed by atoms with Crippen LogP contribution in [0.15, 0.2) is 48.7 Å². The standard InChI is InChI=1S/C27H33N7O2/c1-32(2)13-4-12-28-27(35)29-20-7-5-19(6-8-20)25-30-24-21-11-14-33(3)23(21)10-9-22(24)26(31-25)34-15-17-36-18-16-34/h5-11,14H,4,12-13,15-18H2,1-3H3,(H2,28,29,35). The highest BCUT2D eigenvalue weighted by Gasteiger charge is 2.20. The van der Waals surface area contributed by atoms with Crippen molar-refractivity contribution in [1.82, 2.24) is 24.8 Å². The van der Waals surface area contributed by atoms with Gasteiger partial charge >= 0.3 is 6.03 Å². The van der Waals surface area contributed by atoms with Gasteiger partial charge in [-0.25, -0.2) is 14.8 Å². The number of carbonyl (C=O) groups is 1. The summed E-state index contributed by atoms with van der Waals surface area (Å²) in [5.74, 6) is 1.60. The van der Waals surface area contributed by atoms with E-state index in [1.165, 1.54) is 0 Å². The van der Waals surface area contributed by atoms with Crippen LogP contribution in [-0.4, -0.2) is 79.0 Å². The predicted molar refractivity (Wildman–Crippen MR) is 145 cm³/mol. The van der Waals surface area contributed by atoms with Gasteiger partial charge in [0.2, 0.25) is 0 Å². The van der Waals surface area contributed by atoms with Crippen LogP contribution in [0.25, 0.3) is 33.2 Å². The molecule has 2 amide bonds. The normalized spacial score (nSPS) is 14.1. The topological polar surface area (TPSA) is 87.5 Å². The van der Waals surface area contributed by atoms with Gasteiger partial charge in [0.05, 0.1) is 18.7 Å². The van der Waals surface area contributed by atoms with E-state index < -0.39 is 0 Å². The maximum absolute atomic E-state index is 12.2. The largest absolute Gasteiger partial charge is 0.378 e. The molecule has 0 bridgehead atoms. The first-order valence-corrected chi connectivity index (χ1v) is 12.4. The van der Waals surface area contributed by atoms with E-state index in [9.17, 15) is 4.79 Å². The van der Waals surface area contributed by atoms with Gasteiger partial charge < -0.3 is 29.7 Å². The predicted octanol–water partition coefficient (Wildman–Crippen LogP) is 3.70. The van der Waals surface area contributed by atoms with E-state index in [-0.39, 0.29) is 6.03 Å². The van der Waals surface area contributed by atoms with E-state index in [1.807, 2.05) is 45.4 Å². The van der Waals surface area contributed by atoms with Crippen molar-refractivity contribution >= 4 is 39.3 Å². The monoisotopic (exact) mass is 487 g/mol. The van der Waals surface area contributed by atoms with E-state index in [0.717, 1.165) is 64.9 Å². The molecule has 1 fully saturated rings. The van der Waals surface area contributed by atoms with Gasteiger partial charge in [-0.1, -0.05) is 0 Å². The van der Waals surface area contributed by atoms with E-state index in [2.05, 4.69) is 49.4 Å². The first-order valence-electron chi connectivity index (χ1n) is 12.4.